The first kappa shape index (κ1) is 16.5. The van der Waals surface area contributed by atoms with Crippen molar-refractivity contribution in [1.82, 2.24) is 15.1 Å². The number of carbonyl (C=O) groups is 1. The van der Waals surface area contributed by atoms with Gasteiger partial charge in [0.25, 0.3) is 5.91 Å². The summed E-state index contributed by atoms with van der Waals surface area (Å²) < 4.78 is 39.7. The van der Waals surface area contributed by atoms with E-state index in [4.69, 9.17) is 5.73 Å². The van der Waals surface area contributed by atoms with Crippen molar-refractivity contribution in [3.8, 4) is 5.69 Å². The Bertz CT molecular complexity index is 737. The molecule has 0 aliphatic heterocycles. The average molecular weight is 338 g/mol. The topological polar surface area (TPSA) is 72.9 Å². The third-order valence-corrected chi connectivity index (χ3v) is 4.05. The molecule has 1 fully saturated rings. The van der Waals surface area contributed by atoms with Gasteiger partial charge in [-0.2, -0.15) is 18.3 Å². The van der Waals surface area contributed by atoms with Crippen molar-refractivity contribution in [1.29, 1.82) is 0 Å². The van der Waals surface area contributed by atoms with Crippen LogP contribution in [0.5, 0.6) is 0 Å². The minimum atomic E-state index is -4.52. The Morgan fingerprint density at radius 1 is 1.38 bits per heavy atom. The fourth-order valence-corrected chi connectivity index (χ4v) is 2.62. The Labute approximate surface area is 136 Å². The second-order valence-electron chi connectivity index (χ2n) is 5.83. The van der Waals surface area contributed by atoms with E-state index in [2.05, 4.69) is 10.4 Å². The van der Waals surface area contributed by atoms with Gasteiger partial charge in [0.1, 0.15) is 5.69 Å². The summed E-state index contributed by atoms with van der Waals surface area (Å²) in [7, 11) is 0. The van der Waals surface area contributed by atoms with Crippen molar-refractivity contribution >= 4 is 5.91 Å². The van der Waals surface area contributed by atoms with Gasteiger partial charge < -0.3 is 11.1 Å². The quantitative estimate of drug-likeness (QED) is 0.879. The smallest absolute Gasteiger partial charge is 0.348 e. The van der Waals surface area contributed by atoms with E-state index >= 15 is 0 Å². The summed E-state index contributed by atoms with van der Waals surface area (Å²) >= 11 is 0. The zero-order valence-corrected chi connectivity index (χ0v) is 12.8. The van der Waals surface area contributed by atoms with E-state index in [1.165, 1.54) is 18.2 Å². The van der Waals surface area contributed by atoms with Gasteiger partial charge in [0, 0.05) is 18.2 Å². The highest BCUT2D eigenvalue weighted by Gasteiger charge is 2.35. The molecule has 1 heterocycles. The molecule has 8 heteroatoms. The molecule has 1 aliphatic rings. The van der Waals surface area contributed by atoms with Crippen LogP contribution in [0.25, 0.3) is 5.69 Å². The van der Waals surface area contributed by atoms with Crippen LogP contribution in [0.3, 0.4) is 0 Å². The van der Waals surface area contributed by atoms with E-state index in [1.54, 1.807) is 6.07 Å². The van der Waals surface area contributed by atoms with Gasteiger partial charge in [-0.1, -0.05) is 6.07 Å². The summed E-state index contributed by atoms with van der Waals surface area (Å²) in [6.07, 6.45) is -1.38. The average Bonchev–Trinajstić information content (AvgIpc) is 3.26. The number of hydrogen-bond donors (Lipinski definition) is 2. The van der Waals surface area contributed by atoms with Crippen LogP contribution in [0.15, 0.2) is 36.5 Å². The number of benzene rings is 1. The van der Waals surface area contributed by atoms with Gasteiger partial charge in [-0.3, -0.25) is 4.79 Å². The number of carbonyl (C=O) groups excluding carboxylic acids is 1. The SMILES string of the molecule is NCC(NC(=O)c1cccc(-n2nccc2C(F)(F)F)c1)C1CC1. The first-order valence-corrected chi connectivity index (χ1v) is 7.62. The third kappa shape index (κ3) is 3.43. The number of aromatic nitrogens is 2. The van der Waals surface area contributed by atoms with E-state index in [-0.39, 0.29) is 23.2 Å². The lowest BCUT2D eigenvalue weighted by Gasteiger charge is -2.16. The fraction of sp³-hybridized carbons (Fsp3) is 0.375. The molecule has 0 radical (unpaired) electrons. The van der Waals surface area contributed by atoms with Crippen molar-refractivity contribution in [2.75, 3.05) is 6.54 Å². The van der Waals surface area contributed by atoms with Gasteiger partial charge >= 0.3 is 6.18 Å². The molecule has 1 aliphatic carbocycles. The Morgan fingerprint density at radius 2 is 2.12 bits per heavy atom. The molecule has 1 atom stereocenters. The Hall–Kier alpha value is -2.35. The van der Waals surface area contributed by atoms with E-state index in [0.29, 0.717) is 12.5 Å². The van der Waals surface area contributed by atoms with Crippen LogP contribution in [0.1, 0.15) is 28.9 Å². The number of halogens is 3. The first-order valence-electron chi connectivity index (χ1n) is 7.62. The third-order valence-electron chi connectivity index (χ3n) is 4.05. The lowest BCUT2D eigenvalue weighted by atomic mass is 10.1. The molecule has 1 amide bonds. The van der Waals surface area contributed by atoms with Gasteiger partial charge in [-0.05, 0) is 43.0 Å². The molecular formula is C16H17F3N4O. The maximum absolute atomic E-state index is 13.0. The summed E-state index contributed by atoms with van der Waals surface area (Å²) in [6.45, 7) is 0.341. The summed E-state index contributed by atoms with van der Waals surface area (Å²) in [5.74, 6) is 0.0463. The summed E-state index contributed by atoms with van der Waals surface area (Å²) in [4.78, 5) is 12.3. The van der Waals surface area contributed by atoms with Gasteiger partial charge in [-0.25, -0.2) is 4.68 Å². The zero-order valence-electron chi connectivity index (χ0n) is 12.8. The Morgan fingerprint density at radius 3 is 2.75 bits per heavy atom. The van der Waals surface area contributed by atoms with E-state index < -0.39 is 11.9 Å². The highest BCUT2D eigenvalue weighted by atomic mass is 19.4. The zero-order chi connectivity index (χ0) is 17.3. The predicted molar refractivity (Wildman–Crippen MR) is 81.6 cm³/mol. The maximum atomic E-state index is 13.0. The normalized spacial score (nSPS) is 16.0. The number of nitrogens with zero attached hydrogens (tertiary/aromatic N) is 2. The van der Waals surface area contributed by atoms with Gasteiger partial charge in [-0.15, -0.1) is 0 Å². The standard InChI is InChI=1S/C16H17F3N4O/c17-16(18,19)14-6-7-21-23(14)12-3-1-2-11(8-12)15(24)22-13(9-20)10-4-5-10/h1-3,6-8,10,13H,4-5,9,20H2,(H,22,24). The molecule has 1 saturated carbocycles. The number of nitrogens with one attached hydrogen (secondary N) is 1. The van der Waals surface area contributed by atoms with E-state index in [1.807, 2.05) is 0 Å². The Kier molecular flexibility index (Phi) is 4.31. The molecular weight excluding hydrogens is 321 g/mol. The predicted octanol–water partition coefficient (Wildman–Crippen LogP) is 2.36. The van der Waals surface area contributed by atoms with Crippen molar-refractivity contribution in [3.63, 3.8) is 0 Å². The molecule has 128 valence electrons. The minimum Gasteiger partial charge on any atom is -0.348 e. The monoisotopic (exact) mass is 338 g/mol. The molecule has 5 nitrogen and oxygen atoms in total. The Balaban J connectivity index is 1.84. The molecule has 24 heavy (non-hydrogen) atoms. The molecule has 1 aromatic carbocycles. The van der Waals surface area contributed by atoms with Crippen LogP contribution in [0.2, 0.25) is 0 Å². The lowest BCUT2D eigenvalue weighted by Crippen LogP contribution is -2.41. The number of alkyl halides is 3. The highest BCUT2D eigenvalue weighted by molar-refractivity contribution is 5.95. The molecule has 0 spiro atoms. The summed E-state index contributed by atoms with van der Waals surface area (Å²) in [6, 6.07) is 6.73. The lowest BCUT2D eigenvalue weighted by molar-refractivity contribution is -0.142. The number of amides is 1. The summed E-state index contributed by atoms with van der Waals surface area (Å²) in [5.41, 5.74) is 5.22. The second kappa shape index (κ2) is 6.27. The van der Waals surface area contributed by atoms with E-state index in [0.717, 1.165) is 29.8 Å². The number of nitrogens with two attached hydrogens (primary N) is 1. The van der Waals surface area contributed by atoms with Crippen molar-refractivity contribution in [2.24, 2.45) is 11.7 Å². The van der Waals surface area contributed by atoms with Crippen LogP contribution in [-0.4, -0.2) is 28.3 Å². The molecule has 2 aromatic rings. The minimum absolute atomic E-state index is 0.100. The van der Waals surface area contributed by atoms with Crippen LogP contribution in [0, 0.1) is 5.92 Å². The maximum Gasteiger partial charge on any atom is 0.433 e. The van der Waals surface area contributed by atoms with Crippen molar-refractivity contribution < 1.29 is 18.0 Å². The van der Waals surface area contributed by atoms with Crippen molar-refractivity contribution in [2.45, 2.75) is 25.1 Å². The van der Waals surface area contributed by atoms with E-state index in [9.17, 15) is 18.0 Å². The molecule has 3 N–H and O–H groups in total. The van der Waals surface area contributed by atoms with Gasteiger partial charge in [0.05, 0.1) is 11.9 Å². The molecule has 1 aromatic heterocycles. The van der Waals surface area contributed by atoms with Crippen LogP contribution >= 0.6 is 0 Å². The first-order chi connectivity index (χ1) is 11.4. The van der Waals surface area contributed by atoms with Crippen LogP contribution in [0.4, 0.5) is 13.2 Å². The number of hydrogen-bond acceptors (Lipinski definition) is 3. The molecule has 0 bridgehead atoms. The molecule has 0 saturated heterocycles. The summed E-state index contributed by atoms with van der Waals surface area (Å²) in [5, 5.41) is 6.56. The fourth-order valence-electron chi connectivity index (χ4n) is 2.62. The van der Waals surface area contributed by atoms with Gasteiger partial charge in [0.15, 0.2) is 0 Å². The highest BCUT2D eigenvalue weighted by Crippen LogP contribution is 2.32. The van der Waals surface area contributed by atoms with Gasteiger partial charge in [0.2, 0.25) is 0 Å². The largest absolute Gasteiger partial charge is 0.433 e. The van der Waals surface area contributed by atoms with Crippen LogP contribution in [-0.2, 0) is 6.18 Å². The number of rotatable bonds is 5. The van der Waals surface area contributed by atoms with Crippen LogP contribution < -0.4 is 11.1 Å². The van der Waals surface area contributed by atoms with Crippen molar-refractivity contribution in [3.05, 3.63) is 47.8 Å². The molecule has 1 unspecified atom stereocenters. The molecule has 3 rings (SSSR count). The second-order valence-corrected chi connectivity index (χ2v) is 5.83.